The summed E-state index contributed by atoms with van der Waals surface area (Å²) in [6.07, 6.45) is 0. The van der Waals surface area contributed by atoms with E-state index in [0.717, 1.165) is 35.3 Å². The van der Waals surface area contributed by atoms with Crippen LogP contribution >= 0.6 is 11.3 Å². The number of aromatic hydroxyl groups is 1. The number of likely N-dealkylation sites (tertiary alicyclic amines) is 1. The number of alkyl halides is 1. The van der Waals surface area contributed by atoms with Crippen molar-refractivity contribution in [3.8, 4) is 22.6 Å². The van der Waals surface area contributed by atoms with Crippen LogP contribution in [0.3, 0.4) is 0 Å². The lowest BCUT2D eigenvalue weighted by molar-refractivity contribution is 0.0668. The van der Waals surface area contributed by atoms with Crippen LogP contribution in [0.4, 0.5) is 8.78 Å². The highest BCUT2D eigenvalue weighted by atomic mass is 32.1. The number of ether oxygens (including phenoxy) is 1. The Hall–Kier alpha value is -3.29. The Kier molecular flexibility index (Phi) is 6.30. The highest BCUT2D eigenvalue weighted by Crippen LogP contribution is 2.41. The van der Waals surface area contributed by atoms with Crippen molar-refractivity contribution in [2.24, 2.45) is 5.92 Å². The Morgan fingerprint density at radius 1 is 1.09 bits per heavy atom. The molecule has 0 spiro atoms. The first-order valence-corrected chi connectivity index (χ1v) is 11.9. The lowest BCUT2D eigenvalue weighted by atomic mass is 9.98. The van der Waals surface area contributed by atoms with Gasteiger partial charge in [0.1, 0.15) is 23.9 Å². The molecule has 4 aromatic rings. The van der Waals surface area contributed by atoms with E-state index < -0.39 is 11.6 Å². The van der Waals surface area contributed by atoms with Crippen molar-refractivity contribution in [2.45, 2.75) is 0 Å². The topological polar surface area (TPSA) is 49.8 Å². The predicted molar refractivity (Wildman–Crippen MR) is 130 cm³/mol. The molecule has 1 aromatic heterocycles. The molecular formula is C27H23F2NO3S. The number of rotatable bonds is 8. The van der Waals surface area contributed by atoms with Crippen molar-refractivity contribution in [1.82, 2.24) is 4.90 Å². The van der Waals surface area contributed by atoms with Crippen molar-refractivity contribution >= 4 is 27.2 Å². The molecular weight excluding hydrogens is 456 g/mol. The van der Waals surface area contributed by atoms with Crippen molar-refractivity contribution in [3.05, 3.63) is 83.0 Å². The van der Waals surface area contributed by atoms with Gasteiger partial charge in [-0.1, -0.05) is 24.3 Å². The molecule has 5 rings (SSSR count). The van der Waals surface area contributed by atoms with Crippen LogP contribution in [0.15, 0.2) is 66.7 Å². The number of phenolic OH excluding ortho intramolecular Hbond substituents is 1. The zero-order chi connectivity index (χ0) is 23.7. The van der Waals surface area contributed by atoms with Gasteiger partial charge >= 0.3 is 0 Å². The van der Waals surface area contributed by atoms with E-state index in [1.807, 2.05) is 24.3 Å². The molecule has 3 aromatic carbocycles. The van der Waals surface area contributed by atoms with Crippen molar-refractivity contribution in [1.29, 1.82) is 0 Å². The number of nitrogens with zero attached hydrogens (tertiary/aromatic N) is 1. The lowest BCUT2D eigenvalue weighted by Gasteiger charge is -2.37. The summed E-state index contributed by atoms with van der Waals surface area (Å²) in [6.45, 7) is 2.54. The third kappa shape index (κ3) is 4.41. The molecule has 0 atom stereocenters. The number of fused-ring (bicyclic) bond motifs is 1. The number of carbonyl (C=O) groups excluding carboxylic acids is 1. The van der Waals surface area contributed by atoms with Crippen LogP contribution in [0, 0.1) is 11.7 Å². The Labute approximate surface area is 200 Å². The van der Waals surface area contributed by atoms with E-state index in [-0.39, 0.29) is 23.9 Å². The SMILES string of the molecule is O=C(c1ccccc1F)c1sc2cc(O)ccc2c1-c1ccc(OCCN2CC(CF)C2)cc1. The molecule has 1 saturated heterocycles. The van der Waals surface area contributed by atoms with Gasteiger partial charge in [-0.2, -0.15) is 0 Å². The summed E-state index contributed by atoms with van der Waals surface area (Å²) in [5.74, 6) is 0.000125. The normalized spacial score (nSPS) is 14.3. The number of carbonyl (C=O) groups is 1. The van der Waals surface area contributed by atoms with Crippen LogP contribution in [0.2, 0.25) is 0 Å². The van der Waals surface area contributed by atoms with Crippen molar-refractivity contribution in [3.63, 3.8) is 0 Å². The standard InChI is InChI=1S/C27H23F2NO3S/c28-14-17-15-30(16-17)11-12-33-20-8-5-18(6-9-20)25-22-10-7-19(31)13-24(22)34-27(25)26(32)21-3-1-2-4-23(21)29/h1-10,13,17,31H,11-12,14-16H2. The Bertz CT molecular complexity index is 1330. The highest BCUT2D eigenvalue weighted by Gasteiger charge is 2.26. The van der Waals surface area contributed by atoms with Gasteiger partial charge in [-0.25, -0.2) is 4.39 Å². The maximum absolute atomic E-state index is 14.4. The Morgan fingerprint density at radius 2 is 1.85 bits per heavy atom. The molecule has 174 valence electrons. The molecule has 1 fully saturated rings. The molecule has 0 radical (unpaired) electrons. The van der Waals surface area contributed by atoms with Gasteiger partial charge in [0.15, 0.2) is 0 Å². The maximum Gasteiger partial charge on any atom is 0.206 e. The summed E-state index contributed by atoms with van der Waals surface area (Å²) in [5.41, 5.74) is 1.52. The fourth-order valence-electron chi connectivity index (χ4n) is 4.27. The highest BCUT2D eigenvalue weighted by molar-refractivity contribution is 7.21. The fraction of sp³-hybridized carbons (Fsp3) is 0.222. The summed E-state index contributed by atoms with van der Waals surface area (Å²) >= 11 is 1.24. The summed E-state index contributed by atoms with van der Waals surface area (Å²) in [5, 5.41) is 10.7. The number of hydrogen-bond donors (Lipinski definition) is 1. The smallest absolute Gasteiger partial charge is 0.206 e. The van der Waals surface area contributed by atoms with Crippen LogP contribution in [0.25, 0.3) is 21.2 Å². The van der Waals surface area contributed by atoms with Crippen LogP contribution in [0.1, 0.15) is 15.2 Å². The van der Waals surface area contributed by atoms with Crippen LogP contribution in [-0.2, 0) is 0 Å². The largest absolute Gasteiger partial charge is 0.508 e. The molecule has 0 saturated carbocycles. The second kappa shape index (κ2) is 9.52. The Balaban J connectivity index is 1.41. The maximum atomic E-state index is 14.4. The third-order valence-corrected chi connectivity index (χ3v) is 7.22. The first-order valence-electron chi connectivity index (χ1n) is 11.1. The molecule has 0 bridgehead atoms. The monoisotopic (exact) mass is 479 g/mol. The Morgan fingerprint density at radius 3 is 2.59 bits per heavy atom. The first kappa shape index (κ1) is 22.5. The summed E-state index contributed by atoms with van der Waals surface area (Å²) in [6, 6.07) is 18.4. The molecule has 0 aliphatic carbocycles. The van der Waals surface area contributed by atoms with E-state index >= 15 is 0 Å². The van der Waals surface area contributed by atoms with Crippen LogP contribution in [-0.4, -0.2) is 48.7 Å². The molecule has 1 aliphatic heterocycles. The number of ketones is 1. The average molecular weight is 480 g/mol. The number of phenols is 1. The second-order valence-corrected chi connectivity index (χ2v) is 9.50. The second-order valence-electron chi connectivity index (χ2n) is 8.45. The van der Waals surface area contributed by atoms with Gasteiger partial charge in [-0.3, -0.25) is 14.1 Å². The summed E-state index contributed by atoms with van der Waals surface area (Å²) in [4.78, 5) is 15.9. The van der Waals surface area contributed by atoms with Gasteiger partial charge in [0.05, 0.1) is 17.1 Å². The van der Waals surface area contributed by atoms with Gasteiger partial charge in [-0.05, 0) is 48.0 Å². The van der Waals surface area contributed by atoms with E-state index in [0.29, 0.717) is 22.8 Å². The third-order valence-electron chi connectivity index (χ3n) is 6.07. The van der Waals surface area contributed by atoms with E-state index in [2.05, 4.69) is 4.90 Å². The molecule has 1 aliphatic rings. The van der Waals surface area contributed by atoms with Gasteiger partial charge in [0, 0.05) is 41.2 Å². The van der Waals surface area contributed by atoms with Crippen molar-refractivity contribution < 1.29 is 23.4 Å². The quantitative estimate of drug-likeness (QED) is 0.319. The van der Waals surface area contributed by atoms with Crippen LogP contribution in [0.5, 0.6) is 11.5 Å². The predicted octanol–water partition coefficient (Wildman–Crippen LogP) is 5.92. The van der Waals surface area contributed by atoms with E-state index in [1.54, 1.807) is 30.3 Å². The fourth-order valence-corrected chi connectivity index (χ4v) is 5.48. The molecule has 1 N–H and O–H groups in total. The molecule has 4 nitrogen and oxygen atoms in total. The number of benzene rings is 3. The van der Waals surface area contributed by atoms with Gasteiger partial charge < -0.3 is 9.84 Å². The van der Waals surface area contributed by atoms with Gasteiger partial charge in [-0.15, -0.1) is 11.3 Å². The zero-order valence-electron chi connectivity index (χ0n) is 18.3. The van der Waals surface area contributed by atoms with Gasteiger partial charge in [0.25, 0.3) is 0 Å². The van der Waals surface area contributed by atoms with E-state index in [4.69, 9.17) is 4.74 Å². The number of halogens is 2. The molecule has 2 heterocycles. The minimum absolute atomic E-state index is 0.0143. The number of thiophene rings is 1. The summed E-state index contributed by atoms with van der Waals surface area (Å²) < 4.78 is 33.5. The summed E-state index contributed by atoms with van der Waals surface area (Å²) in [7, 11) is 0. The molecule has 0 amide bonds. The first-order chi connectivity index (χ1) is 16.5. The average Bonchev–Trinajstić information content (AvgIpc) is 3.19. The number of hydrogen-bond acceptors (Lipinski definition) is 5. The molecule has 34 heavy (non-hydrogen) atoms. The van der Waals surface area contributed by atoms with E-state index in [1.165, 1.54) is 23.5 Å². The zero-order valence-corrected chi connectivity index (χ0v) is 19.2. The van der Waals surface area contributed by atoms with E-state index in [9.17, 15) is 18.7 Å². The minimum atomic E-state index is -0.567. The molecule has 7 heteroatoms. The van der Waals surface area contributed by atoms with Crippen molar-refractivity contribution in [2.75, 3.05) is 32.9 Å². The van der Waals surface area contributed by atoms with Crippen LogP contribution < -0.4 is 4.74 Å². The molecule has 0 unspecified atom stereocenters. The van der Waals surface area contributed by atoms with Gasteiger partial charge in [0.2, 0.25) is 5.78 Å². The lowest BCUT2D eigenvalue weighted by Crippen LogP contribution is -2.49. The minimum Gasteiger partial charge on any atom is -0.508 e.